The van der Waals surface area contributed by atoms with Crippen LogP contribution in [0.3, 0.4) is 0 Å². The van der Waals surface area contributed by atoms with Crippen LogP contribution < -0.4 is 5.32 Å². The Labute approximate surface area is 207 Å². The maximum absolute atomic E-state index is 12.2. The predicted molar refractivity (Wildman–Crippen MR) is 140 cm³/mol. The molecule has 0 saturated heterocycles. The standard InChI is InChI=1S/C28H51NO5/c1-3-5-7-9-11-13-15-17-19-21-25(31)27(33)24(23-30)29-28(34)26(32)22-20-18-16-14-12-10-8-6-4-2/h5,7,10,12-13,15,24-27,30-33H,3-4,6,8-9,11,14,16-23H2,1-2H3,(H,29,34)/b7-5+,12-10-,15-13+. The average Bonchev–Trinajstić information content (AvgIpc) is 2.84. The van der Waals surface area contributed by atoms with Crippen LogP contribution in [0.25, 0.3) is 0 Å². The molecule has 34 heavy (non-hydrogen) atoms. The smallest absolute Gasteiger partial charge is 0.249 e. The van der Waals surface area contributed by atoms with Gasteiger partial charge in [0.2, 0.25) is 5.91 Å². The van der Waals surface area contributed by atoms with Gasteiger partial charge in [-0.1, -0.05) is 76.0 Å². The second-order valence-electron chi connectivity index (χ2n) is 8.98. The number of nitrogens with one attached hydrogen (secondary N) is 1. The highest BCUT2D eigenvalue weighted by Crippen LogP contribution is 2.11. The Hall–Kier alpha value is -1.47. The summed E-state index contributed by atoms with van der Waals surface area (Å²) < 4.78 is 0. The van der Waals surface area contributed by atoms with Gasteiger partial charge < -0.3 is 25.7 Å². The summed E-state index contributed by atoms with van der Waals surface area (Å²) in [6.07, 6.45) is 21.9. The molecule has 198 valence electrons. The average molecular weight is 482 g/mol. The van der Waals surface area contributed by atoms with Crippen molar-refractivity contribution in [3.8, 4) is 0 Å². The summed E-state index contributed by atoms with van der Waals surface area (Å²) in [4.78, 5) is 12.2. The van der Waals surface area contributed by atoms with Crippen LogP contribution in [0.5, 0.6) is 0 Å². The Kier molecular flexibility index (Phi) is 22.3. The summed E-state index contributed by atoms with van der Waals surface area (Å²) in [6.45, 7) is 3.78. The lowest BCUT2D eigenvalue weighted by Gasteiger charge is -2.27. The van der Waals surface area contributed by atoms with E-state index in [1.54, 1.807) is 0 Å². The first-order chi connectivity index (χ1) is 16.5. The summed E-state index contributed by atoms with van der Waals surface area (Å²) >= 11 is 0. The Bertz CT molecular complexity index is 561. The molecule has 0 spiro atoms. The maximum Gasteiger partial charge on any atom is 0.249 e. The summed E-state index contributed by atoms with van der Waals surface area (Å²) in [5, 5.41) is 42.8. The third kappa shape index (κ3) is 17.9. The summed E-state index contributed by atoms with van der Waals surface area (Å²) in [5.41, 5.74) is 0. The van der Waals surface area contributed by atoms with Gasteiger partial charge in [-0.05, 0) is 64.2 Å². The van der Waals surface area contributed by atoms with E-state index in [9.17, 15) is 25.2 Å². The van der Waals surface area contributed by atoms with E-state index in [1.165, 1.54) is 12.8 Å². The molecular weight excluding hydrogens is 430 g/mol. The number of aliphatic hydroxyl groups is 4. The Morgan fingerprint density at radius 2 is 1.32 bits per heavy atom. The van der Waals surface area contributed by atoms with Crippen LogP contribution in [0.2, 0.25) is 0 Å². The van der Waals surface area contributed by atoms with E-state index >= 15 is 0 Å². The first kappa shape index (κ1) is 32.5. The number of amides is 1. The van der Waals surface area contributed by atoms with Crippen LogP contribution in [0.1, 0.15) is 104 Å². The largest absolute Gasteiger partial charge is 0.394 e. The third-order valence-corrected chi connectivity index (χ3v) is 5.81. The molecule has 0 aromatic heterocycles. The molecule has 0 aliphatic carbocycles. The van der Waals surface area contributed by atoms with Crippen LogP contribution in [0.15, 0.2) is 36.5 Å². The molecule has 4 atom stereocenters. The summed E-state index contributed by atoms with van der Waals surface area (Å²) in [7, 11) is 0. The summed E-state index contributed by atoms with van der Waals surface area (Å²) in [6, 6.07) is -1.01. The van der Waals surface area contributed by atoms with Crippen LogP contribution in [-0.4, -0.2) is 57.3 Å². The highest BCUT2D eigenvalue weighted by atomic mass is 16.3. The Morgan fingerprint density at radius 3 is 1.94 bits per heavy atom. The fourth-order valence-corrected chi connectivity index (χ4v) is 3.58. The van der Waals surface area contributed by atoms with Crippen molar-refractivity contribution in [1.82, 2.24) is 5.32 Å². The summed E-state index contributed by atoms with van der Waals surface area (Å²) in [5.74, 6) is -0.621. The van der Waals surface area contributed by atoms with E-state index < -0.39 is 36.9 Å². The quantitative estimate of drug-likeness (QED) is 0.114. The highest BCUT2D eigenvalue weighted by molar-refractivity contribution is 5.80. The molecule has 0 bridgehead atoms. The number of carbonyl (C=O) groups is 1. The van der Waals surface area contributed by atoms with Crippen molar-refractivity contribution in [3.63, 3.8) is 0 Å². The van der Waals surface area contributed by atoms with Crippen LogP contribution in [0.4, 0.5) is 0 Å². The van der Waals surface area contributed by atoms with Gasteiger partial charge in [0, 0.05) is 0 Å². The van der Waals surface area contributed by atoms with Crippen LogP contribution in [0, 0.1) is 0 Å². The van der Waals surface area contributed by atoms with Crippen LogP contribution in [-0.2, 0) is 4.79 Å². The molecule has 0 radical (unpaired) electrons. The fourth-order valence-electron chi connectivity index (χ4n) is 3.58. The lowest BCUT2D eigenvalue weighted by atomic mass is 10.00. The molecule has 0 aromatic rings. The molecule has 0 saturated carbocycles. The monoisotopic (exact) mass is 481 g/mol. The molecule has 0 aromatic carbocycles. The number of unbranched alkanes of at least 4 members (excludes halogenated alkanes) is 7. The maximum atomic E-state index is 12.2. The molecule has 0 fully saturated rings. The van der Waals surface area contributed by atoms with E-state index in [-0.39, 0.29) is 0 Å². The van der Waals surface area contributed by atoms with E-state index in [0.29, 0.717) is 19.3 Å². The molecule has 6 heteroatoms. The lowest BCUT2D eigenvalue weighted by molar-refractivity contribution is -0.132. The van der Waals surface area contributed by atoms with Gasteiger partial charge in [0.05, 0.1) is 18.8 Å². The minimum Gasteiger partial charge on any atom is -0.394 e. The number of hydrogen-bond donors (Lipinski definition) is 5. The van der Waals surface area contributed by atoms with Gasteiger partial charge in [0.15, 0.2) is 0 Å². The number of hydrogen-bond acceptors (Lipinski definition) is 5. The van der Waals surface area contributed by atoms with E-state index in [4.69, 9.17) is 0 Å². The highest BCUT2D eigenvalue weighted by Gasteiger charge is 2.28. The third-order valence-electron chi connectivity index (χ3n) is 5.81. The second-order valence-corrected chi connectivity index (χ2v) is 8.98. The molecule has 5 N–H and O–H groups in total. The van der Waals surface area contributed by atoms with Crippen molar-refractivity contribution < 1.29 is 25.2 Å². The number of allylic oxidation sites excluding steroid dienone is 6. The van der Waals surface area contributed by atoms with Gasteiger partial charge >= 0.3 is 0 Å². The minimum absolute atomic E-state index is 0.336. The fraction of sp³-hybridized carbons (Fsp3) is 0.750. The van der Waals surface area contributed by atoms with Gasteiger partial charge in [-0.15, -0.1) is 0 Å². The van der Waals surface area contributed by atoms with Crippen molar-refractivity contribution in [1.29, 1.82) is 0 Å². The predicted octanol–water partition coefficient (Wildman–Crippen LogP) is 4.72. The number of aliphatic hydroxyl groups excluding tert-OH is 4. The van der Waals surface area contributed by atoms with Crippen molar-refractivity contribution in [3.05, 3.63) is 36.5 Å². The van der Waals surface area contributed by atoms with Crippen molar-refractivity contribution >= 4 is 5.91 Å². The van der Waals surface area contributed by atoms with Gasteiger partial charge in [0.25, 0.3) is 0 Å². The number of carbonyl (C=O) groups excluding carboxylic acids is 1. The zero-order valence-electron chi connectivity index (χ0n) is 21.6. The van der Waals surface area contributed by atoms with Crippen molar-refractivity contribution in [2.45, 2.75) is 128 Å². The normalized spacial score (nSPS) is 15.8. The molecule has 4 unspecified atom stereocenters. The molecule has 0 aliphatic rings. The zero-order valence-corrected chi connectivity index (χ0v) is 21.6. The SMILES string of the molecule is CC/C=C/CC/C=C/CCCC(O)C(O)C(CO)NC(=O)C(O)CCCCC/C=C\CCCC. The van der Waals surface area contributed by atoms with Gasteiger partial charge in [0.1, 0.15) is 12.2 Å². The minimum atomic E-state index is -1.29. The molecule has 0 rings (SSSR count). The lowest BCUT2D eigenvalue weighted by Crippen LogP contribution is -2.53. The van der Waals surface area contributed by atoms with Gasteiger partial charge in [-0.25, -0.2) is 0 Å². The molecular formula is C28H51NO5. The van der Waals surface area contributed by atoms with E-state index in [2.05, 4.69) is 55.6 Å². The molecule has 0 aliphatic heterocycles. The van der Waals surface area contributed by atoms with Crippen molar-refractivity contribution in [2.24, 2.45) is 0 Å². The van der Waals surface area contributed by atoms with Crippen LogP contribution >= 0.6 is 0 Å². The first-order valence-electron chi connectivity index (χ1n) is 13.4. The van der Waals surface area contributed by atoms with Gasteiger partial charge in [-0.2, -0.15) is 0 Å². The Morgan fingerprint density at radius 1 is 0.735 bits per heavy atom. The first-order valence-corrected chi connectivity index (χ1v) is 13.4. The Balaban J connectivity index is 4.11. The van der Waals surface area contributed by atoms with Gasteiger partial charge in [-0.3, -0.25) is 4.79 Å². The number of rotatable bonds is 22. The molecule has 1 amide bonds. The molecule has 0 heterocycles. The van der Waals surface area contributed by atoms with E-state index in [1.807, 2.05) is 0 Å². The van der Waals surface area contributed by atoms with E-state index in [0.717, 1.165) is 57.8 Å². The zero-order chi connectivity index (χ0) is 25.4. The van der Waals surface area contributed by atoms with Crippen molar-refractivity contribution in [2.75, 3.05) is 6.61 Å². The second kappa shape index (κ2) is 23.3. The topological polar surface area (TPSA) is 110 Å². The molecule has 6 nitrogen and oxygen atoms in total.